The fourth-order valence-electron chi connectivity index (χ4n) is 2.31. The quantitative estimate of drug-likeness (QED) is 0.765. The first kappa shape index (κ1) is 11.0. The van der Waals surface area contributed by atoms with E-state index in [1.807, 2.05) is 12.1 Å². The van der Waals surface area contributed by atoms with Crippen LogP contribution in [0.15, 0.2) is 24.3 Å². The summed E-state index contributed by atoms with van der Waals surface area (Å²) in [6.45, 7) is 3.40. The van der Waals surface area contributed by atoms with Crippen LogP contribution in [0.4, 0.5) is 0 Å². The predicted octanol–water partition coefficient (Wildman–Crippen LogP) is 3.72. The van der Waals surface area contributed by atoms with E-state index in [9.17, 15) is 0 Å². The molecule has 1 saturated heterocycles. The first-order chi connectivity index (χ1) is 7.21. The van der Waals surface area contributed by atoms with E-state index in [4.69, 9.17) is 11.6 Å². The van der Waals surface area contributed by atoms with Crippen molar-refractivity contribution in [2.45, 2.75) is 38.1 Å². The molecular formula is C13H18ClN. The van der Waals surface area contributed by atoms with Crippen molar-refractivity contribution in [3.05, 3.63) is 34.9 Å². The molecule has 2 rings (SSSR count). The standard InChI is InChI=1S/C13H18ClN/c1-13(8-3-2-4-9-15-13)11-6-5-7-12(14)10-11/h5-7,10,15H,2-4,8-9H2,1H3. The van der Waals surface area contributed by atoms with E-state index < -0.39 is 0 Å². The largest absolute Gasteiger partial charge is 0.308 e. The lowest BCUT2D eigenvalue weighted by Crippen LogP contribution is -2.38. The highest BCUT2D eigenvalue weighted by Gasteiger charge is 2.26. The molecule has 0 spiro atoms. The van der Waals surface area contributed by atoms with Crippen LogP contribution in [-0.4, -0.2) is 6.54 Å². The molecule has 2 heteroatoms. The van der Waals surface area contributed by atoms with Gasteiger partial charge >= 0.3 is 0 Å². The smallest absolute Gasteiger partial charge is 0.0409 e. The summed E-state index contributed by atoms with van der Waals surface area (Å²) >= 11 is 6.04. The average molecular weight is 224 g/mol. The summed E-state index contributed by atoms with van der Waals surface area (Å²) in [6.07, 6.45) is 5.13. The monoisotopic (exact) mass is 223 g/mol. The summed E-state index contributed by atoms with van der Waals surface area (Å²) in [5.41, 5.74) is 1.43. The zero-order chi connectivity index (χ0) is 10.7. The summed E-state index contributed by atoms with van der Waals surface area (Å²) in [7, 11) is 0. The Morgan fingerprint density at radius 3 is 2.93 bits per heavy atom. The summed E-state index contributed by atoms with van der Waals surface area (Å²) in [5, 5.41) is 4.48. The first-order valence-electron chi connectivity index (χ1n) is 5.72. The zero-order valence-electron chi connectivity index (χ0n) is 9.22. The second kappa shape index (κ2) is 4.54. The number of hydrogen-bond acceptors (Lipinski definition) is 1. The third-order valence-electron chi connectivity index (χ3n) is 3.33. The van der Waals surface area contributed by atoms with Crippen LogP contribution in [0.5, 0.6) is 0 Å². The Bertz CT molecular complexity index is 327. The number of nitrogens with one attached hydrogen (secondary N) is 1. The van der Waals surface area contributed by atoms with E-state index >= 15 is 0 Å². The molecule has 0 aromatic heterocycles. The van der Waals surface area contributed by atoms with Crippen LogP contribution in [0.3, 0.4) is 0 Å². The molecule has 0 saturated carbocycles. The van der Waals surface area contributed by atoms with Crippen molar-refractivity contribution in [1.82, 2.24) is 5.32 Å². The second-order valence-electron chi connectivity index (χ2n) is 4.58. The molecule has 1 aliphatic heterocycles. The van der Waals surface area contributed by atoms with Gasteiger partial charge in [-0.3, -0.25) is 0 Å². The Labute approximate surface area is 96.8 Å². The lowest BCUT2D eigenvalue weighted by atomic mass is 9.88. The number of halogens is 1. The van der Waals surface area contributed by atoms with Crippen molar-refractivity contribution in [2.75, 3.05) is 6.54 Å². The molecule has 0 radical (unpaired) electrons. The van der Waals surface area contributed by atoms with Gasteiger partial charge in [-0.05, 0) is 44.0 Å². The minimum Gasteiger partial charge on any atom is -0.308 e. The van der Waals surface area contributed by atoms with Gasteiger partial charge < -0.3 is 5.32 Å². The first-order valence-corrected chi connectivity index (χ1v) is 6.10. The Hall–Kier alpha value is -0.530. The molecule has 82 valence electrons. The number of hydrogen-bond donors (Lipinski definition) is 1. The molecule has 0 aliphatic carbocycles. The van der Waals surface area contributed by atoms with Crippen molar-refractivity contribution in [1.29, 1.82) is 0 Å². The normalized spacial score (nSPS) is 27.3. The zero-order valence-corrected chi connectivity index (χ0v) is 9.98. The van der Waals surface area contributed by atoms with Gasteiger partial charge in [-0.2, -0.15) is 0 Å². The van der Waals surface area contributed by atoms with Gasteiger partial charge in [0, 0.05) is 10.6 Å². The average Bonchev–Trinajstić information content (AvgIpc) is 2.44. The molecule has 0 amide bonds. The molecule has 1 aromatic carbocycles. The summed E-state index contributed by atoms with van der Waals surface area (Å²) in [4.78, 5) is 0. The topological polar surface area (TPSA) is 12.0 Å². The molecular weight excluding hydrogens is 206 g/mol. The summed E-state index contributed by atoms with van der Waals surface area (Å²) in [5.74, 6) is 0. The Kier molecular flexibility index (Phi) is 3.32. The molecule has 1 N–H and O–H groups in total. The van der Waals surface area contributed by atoms with Crippen LogP contribution in [0.25, 0.3) is 0 Å². The molecule has 1 aromatic rings. The van der Waals surface area contributed by atoms with Gasteiger partial charge in [0.15, 0.2) is 0 Å². The van der Waals surface area contributed by atoms with Crippen molar-refractivity contribution >= 4 is 11.6 Å². The lowest BCUT2D eigenvalue weighted by Gasteiger charge is -2.30. The lowest BCUT2D eigenvalue weighted by molar-refractivity contribution is 0.359. The minimum absolute atomic E-state index is 0.112. The molecule has 1 fully saturated rings. The molecule has 1 atom stereocenters. The van der Waals surface area contributed by atoms with Crippen LogP contribution in [0, 0.1) is 0 Å². The molecule has 1 unspecified atom stereocenters. The molecule has 15 heavy (non-hydrogen) atoms. The highest BCUT2D eigenvalue weighted by molar-refractivity contribution is 6.30. The van der Waals surface area contributed by atoms with E-state index in [2.05, 4.69) is 24.4 Å². The summed E-state index contributed by atoms with van der Waals surface area (Å²) < 4.78 is 0. The van der Waals surface area contributed by atoms with E-state index in [1.54, 1.807) is 0 Å². The highest BCUT2D eigenvalue weighted by Crippen LogP contribution is 2.30. The van der Waals surface area contributed by atoms with Gasteiger partial charge in [-0.25, -0.2) is 0 Å². The van der Waals surface area contributed by atoms with Crippen LogP contribution in [0.1, 0.15) is 38.2 Å². The third kappa shape index (κ3) is 2.53. The maximum absolute atomic E-state index is 6.04. The third-order valence-corrected chi connectivity index (χ3v) is 3.57. The predicted molar refractivity (Wildman–Crippen MR) is 65.3 cm³/mol. The minimum atomic E-state index is 0.112. The fourth-order valence-corrected chi connectivity index (χ4v) is 2.50. The SMILES string of the molecule is CC1(c2cccc(Cl)c2)CCCCCN1. The highest BCUT2D eigenvalue weighted by atomic mass is 35.5. The molecule has 1 nitrogen and oxygen atoms in total. The van der Waals surface area contributed by atoms with E-state index in [1.165, 1.54) is 31.2 Å². The van der Waals surface area contributed by atoms with Crippen LogP contribution in [-0.2, 0) is 5.54 Å². The maximum atomic E-state index is 6.04. The van der Waals surface area contributed by atoms with Gasteiger partial charge in [-0.1, -0.05) is 36.6 Å². The summed E-state index contributed by atoms with van der Waals surface area (Å²) in [6, 6.07) is 8.23. The molecule has 1 aliphatic rings. The van der Waals surface area contributed by atoms with Gasteiger partial charge in [0.2, 0.25) is 0 Å². The Morgan fingerprint density at radius 1 is 1.27 bits per heavy atom. The van der Waals surface area contributed by atoms with Crippen LogP contribution in [0.2, 0.25) is 5.02 Å². The maximum Gasteiger partial charge on any atom is 0.0409 e. The van der Waals surface area contributed by atoms with Crippen LogP contribution < -0.4 is 5.32 Å². The van der Waals surface area contributed by atoms with Crippen molar-refractivity contribution < 1.29 is 0 Å². The van der Waals surface area contributed by atoms with Gasteiger partial charge in [-0.15, -0.1) is 0 Å². The Morgan fingerprint density at radius 2 is 2.13 bits per heavy atom. The number of rotatable bonds is 1. The van der Waals surface area contributed by atoms with Crippen molar-refractivity contribution in [3.8, 4) is 0 Å². The van der Waals surface area contributed by atoms with Crippen LogP contribution >= 0.6 is 11.6 Å². The van der Waals surface area contributed by atoms with Gasteiger partial charge in [0.1, 0.15) is 0 Å². The fraction of sp³-hybridized carbons (Fsp3) is 0.538. The second-order valence-corrected chi connectivity index (χ2v) is 5.02. The molecule has 0 bridgehead atoms. The van der Waals surface area contributed by atoms with Crippen molar-refractivity contribution in [2.24, 2.45) is 0 Å². The van der Waals surface area contributed by atoms with Crippen molar-refractivity contribution in [3.63, 3.8) is 0 Å². The molecule has 1 heterocycles. The number of benzene rings is 1. The van der Waals surface area contributed by atoms with E-state index in [0.717, 1.165) is 11.6 Å². The van der Waals surface area contributed by atoms with E-state index in [-0.39, 0.29) is 5.54 Å². The van der Waals surface area contributed by atoms with Gasteiger partial charge in [0.25, 0.3) is 0 Å². The van der Waals surface area contributed by atoms with E-state index in [0.29, 0.717) is 0 Å². The van der Waals surface area contributed by atoms with Gasteiger partial charge in [0.05, 0.1) is 0 Å². The Balaban J connectivity index is 2.26.